The first-order valence-electron chi connectivity index (χ1n) is 11.5. The molecule has 0 saturated carbocycles. The Morgan fingerprint density at radius 3 is 2.71 bits per heavy atom. The largest absolute Gasteiger partial charge is 0.494 e. The van der Waals surface area contributed by atoms with Crippen LogP contribution in [0.4, 0.5) is 0 Å². The molecule has 10 heteroatoms. The van der Waals surface area contributed by atoms with Crippen LogP contribution in [0.5, 0.6) is 23.0 Å². The number of carbonyl (C=O) groups excluding carboxylic acids is 1. The first kappa shape index (κ1) is 24.2. The molecule has 2 aromatic carbocycles. The van der Waals surface area contributed by atoms with E-state index in [9.17, 15) is 13.2 Å². The van der Waals surface area contributed by atoms with E-state index >= 15 is 0 Å². The fourth-order valence-corrected chi connectivity index (χ4v) is 4.93. The molecule has 4 rings (SSSR count). The van der Waals surface area contributed by atoms with Crippen molar-refractivity contribution < 1.29 is 32.2 Å². The molecular formula is C24H30N2O7S. The van der Waals surface area contributed by atoms with E-state index in [-0.39, 0.29) is 36.4 Å². The van der Waals surface area contributed by atoms with Crippen LogP contribution in [0.3, 0.4) is 0 Å². The van der Waals surface area contributed by atoms with Crippen molar-refractivity contribution in [3.63, 3.8) is 0 Å². The van der Waals surface area contributed by atoms with Gasteiger partial charge in [0.25, 0.3) is 0 Å². The molecule has 1 unspecified atom stereocenters. The summed E-state index contributed by atoms with van der Waals surface area (Å²) in [6, 6.07) is 8.35. The van der Waals surface area contributed by atoms with Gasteiger partial charge in [-0.25, -0.2) is 13.1 Å². The number of sulfonamides is 1. The summed E-state index contributed by atoms with van der Waals surface area (Å²) in [6.07, 6.45) is 1.66. The van der Waals surface area contributed by atoms with Gasteiger partial charge in [0.1, 0.15) is 17.6 Å². The number of amides is 1. The molecule has 0 aliphatic carbocycles. The highest BCUT2D eigenvalue weighted by atomic mass is 32.2. The van der Waals surface area contributed by atoms with Crippen LogP contribution in [0, 0.1) is 0 Å². The molecule has 0 radical (unpaired) electrons. The van der Waals surface area contributed by atoms with E-state index in [1.54, 1.807) is 6.07 Å². The lowest BCUT2D eigenvalue weighted by Gasteiger charge is -2.14. The molecular weight excluding hydrogens is 460 g/mol. The van der Waals surface area contributed by atoms with Gasteiger partial charge in [0, 0.05) is 49.5 Å². The summed E-state index contributed by atoms with van der Waals surface area (Å²) in [4.78, 5) is 12.4. The first-order valence-corrected chi connectivity index (χ1v) is 13.0. The van der Waals surface area contributed by atoms with E-state index in [1.807, 2.05) is 26.0 Å². The Bertz CT molecular complexity index is 1150. The molecule has 1 amide bonds. The second kappa shape index (κ2) is 10.5. The molecule has 1 atom stereocenters. The van der Waals surface area contributed by atoms with Crippen LogP contribution >= 0.6 is 0 Å². The average molecular weight is 491 g/mol. The van der Waals surface area contributed by atoms with Gasteiger partial charge >= 0.3 is 0 Å². The maximum absolute atomic E-state index is 12.6. The van der Waals surface area contributed by atoms with Crippen LogP contribution in [0.15, 0.2) is 35.2 Å². The summed E-state index contributed by atoms with van der Waals surface area (Å²) in [7, 11) is -3.80. The third kappa shape index (κ3) is 5.74. The Balaban J connectivity index is 1.31. The predicted molar refractivity (Wildman–Crippen MR) is 125 cm³/mol. The highest BCUT2D eigenvalue weighted by Crippen LogP contribution is 2.35. The number of rotatable bonds is 9. The van der Waals surface area contributed by atoms with Gasteiger partial charge in [0.2, 0.25) is 15.9 Å². The van der Waals surface area contributed by atoms with Gasteiger partial charge < -0.3 is 24.3 Å². The standard InChI is InChI=1S/C24H30N2O7S/c1-3-30-21-12-17-11-16(2)33-22(17)13-18(21)15-25-24(27)7-8-26-34(28,29)19-5-6-20-23(14-19)32-10-4-9-31-20/h5-6,12-14,16,26H,3-4,7-11,15H2,1-2H3,(H,25,27). The van der Waals surface area contributed by atoms with Crippen LogP contribution in [0.25, 0.3) is 0 Å². The third-order valence-corrected chi connectivity index (χ3v) is 6.99. The summed E-state index contributed by atoms with van der Waals surface area (Å²) in [5.74, 6) is 2.17. The molecule has 0 spiro atoms. The van der Waals surface area contributed by atoms with Crippen LogP contribution in [-0.4, -0.2) is 46.8 Å². The highest BCUT2D eigenvalue weighted by Gasteiger charge is 2.22. The summed E-state index contributed by atoms with van der Waals surface area (Å²) in [5.41, 5.74) is 1.91. The van der Waals surface area contributed by atoms with Crippen molar-refractivity contribution in [3.05, 3.63) is 41.5 Å². The van der Waals surface area contributed by atoms with Crippen molar-refractivity contribution in [3.8, 4) is 23.0 Å². The van der Waals surface area contributed by atoms with Gasteiger partial charge in [-0.2, -0.15) is 0 Å². The van der Waals surface area contributed by atoms with Crippen molar-refractivity contribution in [2.75, 3.05) is 26.4 Å². The van der Waals surface area contributed by atoms with Crippen molar-refractivity contribution in [1.82, 2.24) is 10.0 Å². The lowest BCUT2D eigenvalue weighted by molar-refractivity contribution is -0.121. The number of nitrogens with one attached hydrogen (secondary N) is 2. The summed E-state index contributed by atoms with van der Waals surface area (Å²) >= 11 is 0. The monoisotopic (exact) mass is 490 g/mol. The lowest BCUT2D eigenvalue weighted by atomic mass is 10.1. The molecule has 2 aliphatic heterocycles. The Kier molecular flexibility index (Phi) is 7.47. The third-order valence-electron chi connectivity index (χ3n) is 5.53. The summed E-state index contributed by atoms with van der Waals surface area (Å²) in [6.45, 7) is 5.64. The van der Waals surface area contributed by atoms with Crippen molar-refractivity contribution in [2.45, 2.75) is 50.7 Å². The summed E-state index contributed by atoms with van der Waals surface area (Å²) in [5, 5.41) is 2.83. The number of fused-ring (bicyclic) bond motifs is 2. The van der Waals surface area contributed by atoms with Crippen molar-refractivity contribution >= 4 is 15.9 Å². The number of ether oxygens (including phenoxy) is 4. The molecule has 34 heavy (non-hydrogen) atoms. The Labute approximate surface area is 199 Å². The van der Waals surface area contributed by atoms with Crippen LogP contribution in [-0.2, 0) is 27.8 Å². The second-order valence-corrected chi connectivity index (χ2v) is 9.98. The minimum atomic E-state index is -3.80. The molecule has 2 heterocycles. The van der Waals surface area contributed by atoms with Gasteiger partial charge in [0.15, 0.2) is 11.5 Å². The normalized spacial score (nSPS) is 16.8. The van der Waals surface area contributed by atoms with Crippen LogP contribution in [0.1, 0.15) is 37.8 Å². The Hall–Kier alpha value is -2.98. The zero-order valence-electron chi connectivity index (χ0n) is 19.4. The van der Waals surface area contributed by atoms with E-state index in [0.717, 1.165) is 35.5 Å². The Morgan fingerprint density at radius 1 is 1.12 bits per heavy atom. The SMILES string of the molecule is CCOc1cc2c(cc1CNC(=O)CCNS(=O)(=O)c1ccc3c(c1)OCCCO3)OC(C)C2. The van der Waals surface area contributed by atoms with Crippen LogP contribution in [0.2, 0.25) is 0 Å². The van der Waals surface area contributed by atoms with Gasteiger partial charge in [-0.05, 0) is 38.1 Å². The lowest BCUT2D eigenvalue weighted by Crippen LogP contribution is -2.30. The van der Waals surface area contributed by atoms with Gasteiger partial charge in [0.05, 0.1) is 24.7 Å². The number of carbonyl (C=O) groups is 1. The topological polar surface area (TPSA) is 112 Å². The number of hydrogen-bond donors (Lipinski definition) is 2. The molecule has 0 bridgehead atoms. The molecule has 9 nitrogen and oxygen atoms in total. The fourth-order valence-electron chi connectivity index (χ4n) is 3.88. The number of benzene rings is 2. The van der Waals surface area contributed by atoms with E-state index in [2.05, 4.69) is 10.0 Å². The Morgan fingerprint density at radius 2 is 1.91 bits per heavy atom. The molecule has 0 fully saturated rings. The first-order chi connectivity index (χ1) is 16.4. The van der Waals surface area contributed by atoms with Crippen molar-refractivity contribution in [2.24, 2.45) is 0 Å². The number of hydrogen-bond acceptors (Lipinski definition) is 7. The predicted octanol–water partition coefficient (Wildman–Crippen LogP) is 2.55. The molecule has 0 aromatic heterocycles. The molecule has 2 N–H and O–H groups in total. The highest BCUT2D eigenvalue weighted by molar-refractivity contribution is 7.89. The van der Waals surface area contributed by atoms with Crippen molar-refractivity contribution in [1.29, 1.82) is 0 Å². The van der Waals surface area contributed by atoms with E-state index in [1.165, 1.54) is 12.1 Å². The van der Waals surface area contributed by atoms with E-state index < -0.39 is 10.0 Å². The minimum absolute atomic E-state index is 0.00771. The van der Waals surface area contributed by atoms with Crippen LogP contribution < -0.4 is 29.0 Å². The zero-order chi connectivity index (χ0) is 24.1. The van der Waals surface area contributed by atoms with Gasteiger partial charge in [-0.1, -0.05) is 0 Å². The maximum atomic E-state index is 12.6. The maximum Gasteiger partial charge on any atom is 0.240 e. The second-order valence-electron chi connectivity index (χ2n) is 8.22. The smallest absolute Gasteiger partial charge is 0.240 e. The molecule has 2 aromatic rings. The average Bonchev–Trinajstić information content (AvgIpc) is 3.00. The molecule has 0 saturated heterocycles. The van der Waals surface area contributed by atoms with Gasteiger partial charge in [-0.15, -0.1) is 0 Å². The zero-order valence-corrected chi connectivity index (χ0v) is 20.2. The molecule has 2 aliphatic rings. The molecule has 184 valence electrons. The summed E-state index contributed by atoms with van der Waals surface area (Å²) < 4.78 is 50.4. The van der Waals surface area contributed by atoms with Gasteiger partial charge in [-0.3, -0.25) is 4.79 Å². The van der Waals surface area contributed by atoms with E-state index in [0.29, 0.717) is 31.3 Å². The quantitative estimate of drug-likeness (QED) is 0.556. The fraction of sp³-hybridized carbons (Fsp3) is 0.458. The van der Waals surface area contributed by atoms with E-state index in [4.69, 9.17) is 18.9 Å². The minimum Gasteiger partial charge on any atom is -0.494 e.